The van der Waals surface area contributed by atoms with Crippen LogP contribution < -0.4 is 5.46 Å². The molecule has 1 saturated heterocycles. The lowest BCUT2D eigenvalue weighted by Crippen LogP contribution is -2.38. The van der Waals surface area contributed by atoms with Crippen molar-refractivity contribution in [3.63, 3.8) is 0 Å². The zero-order chi connectivity index (χ0) is 20.5. The summed E-state index contributed by atoms with van der Waals surface area (Å²) in [5.74, 6) is -0.473. The molecule has 1 fully saturated rings. The van der Waals surface area contributed by atoms with E-state index in [0.717, 1.165) is 37.9 Å². The smallest absolute Gasteiger partial charge is 0.272 e. The molecule has 2 aromatic heterocycles. The van der Waals surface area contributed by atoms with Crippen molar-refractivity contribution in [2.75, 3.05) is 6.54 Å². The first-order valence-corrected chi connectivity index (χ1v) is 10.2. The second kappa shape index (κ2) is 7.97. The summed E-state index contributed by atoms with van der Waals surface area (Å²) in [6.45, 7) is 4.86. The second-order valence-corrected chi connectivity index (χ2v) is 7.72. The van der Waals surface area contributed by atoms with Crippen LogP contribution in [0, 0.1) is 5.82 Å². The van der Waals surface area contributed by atoms with Crippen molar-refractivity contribution >= 4 is 24.9 Å². The average Bonchev–Trinajstić information content (AvgIpc) is 3.01. The molecule has 0 bridgehead atoms. The molecule has 29 heavy (non-hydrogen) atoms. The molecule has 3 heterocycles. The number of rotatable bonds is 3. The summed E-state index contributed by atoms with van der Waals surface area (Å²) in [6, 6.07) is 8.27. The number of benzene rings is 1. The van der Waals surface area contributed by atoms with Crippen molar-refractivity contribution in [3.8, 4) is 11.3 Å². The normalized spacial score (nSPS) is 17.5. The van der Waals surface area contributed by atoms with Crippen LogP contribution in [0.25, 0.3) is 16.9 Å². The van der Waals surface area contributed by atoms with Gasteiger partial charge < -0.3 is 4.90 Å². The maximum absolute atomic E-state index is 14.4. The molecule has 3 aromatic rings. The maximum atomic E-state index is 14.4. The van der Waals surface area contributed by atoms with E-state index < -0.39 is 5.82 Å². The largest absolute Gasteiger partial charge is 0.335 e. The molecule has 0 saturated carbocycles. The van der Waals surface area contributed by atoms with Gasteiger partial charge in [0.15, 0.2) is 5.65 Å². The van der Waals surface area contributed by atoms with Crippen molar-refractivity contribution in [2.24, 2.45) is 0 Å². The van der Waals surface area contributed by atoms with Crippen LogP contribution in [-0.4, -0.2) is 45.8 Å². The van der Waals surface area contributed by atoms with E-state index in [-0.39, 0.29) is 11.9 Å². The van der Waals surface area contributed by atoms with E-state index in [1.165, 1.54) is 6.07 Å². The van der Waals surface area contributed by atoms with Crippen molar-refractivity contribution in [1.29, 1.82) is 0 Å². The fourth-order valence-corrected chi connectivity index (χ4v) is 3.99. The van der Waals surface area contributed by atoms with Crippen LogP contribution in [0.5, 0.6) is 0 Å². The van der Waals surface area contributed by atoms with Crippen LogP contribution >= 0.6 is 0 Å². The molecule has 5 nitrogen and oxygen atoms in total. The van der Waals surface area contributed by atoms with Gasteiger partial charge in [-0.2, -0.15) is 5.10 Å². The van der Waals surface area contributed by atoms with Gasteiger partial charge in [-0.25, -0.2) is 13.9 Å². The Kier molecular flexibility index (Phi) is 5.39. The zero-order valence-corrected chi connectivity index (χ0v) is 16.9. The van der Waals surface area contributed by atoms with Crippen LogP contribution in [0.15, 0.2) is 30.3 Å². The van der Waals surface area contributed by atoms with Gasteiger partial charge in [0.2, 0.25) is 0 Å². The highest BCUT2D eigenvalue weighted by Gasteiger charge is 2.25. The van der Waals surface area contributed by atoms with Crippen molar-refractivity contribution in [3.05, 3.63) is 47.5 Å². The second-order valence-electron chi connectivity index (χ2n) is 7.72. The average molecular weight is 390 g/mol. The third-order valence-corrected chi connectivity index (χ3v) is 5.67. The van der Waals surface area contributed by atoms with Gasteiger partial charge in [-0.15, -0.1) is 0 Å². The molecule has 1 atom stereocenters. The molecular weight excluding hydrogens is 366 g/mol. The molecule has 1 aliphatic rings. The van der Waals surface area contributed by atoms with E-state index in [4.69, 9.17) is 7.85 Å². The monoisotopic (exact) mass is 390 g/mol. The predicted molar refractivity (Wildman–Crippen MR) is 112 cm³/mol. The SMILES string of the molecule is [B]c1ccc(-c2cc3nc(C(=O)N4CCCCCC4C)cc(CC)n3n2)c(F)c1. The summed E-state index contributed by atoms with van der Waals surface area (Å²) in [7, 11) is 5.65. The minimum atomic E-state index is -0.429. The topological polar surface area (TPSA) is 50.5 Å². The molecule has 2 radical (unpaired) electrons. The summed E-state index contributed by atoms with van der Waals surface area (Å²) < 4.78 is 16.1. The lowest BCUT2D eigenvalue weighted by atomic mass is 9.94. The van der Waals surface area contributed by atoms with Gasteiger partial charge >= 0.3 is 0 Å². The number of aryl methyl sites for hydroxylation is 1. The third-order valence-electron chi connectivity index (χ3n) is 5.67. The Morgan fingerprint density at radius 1 is 1.24 bits per heavy atom. The molecule has 1 aliphatic heterocycles. The van der Waals surface area contributed by atoms with Gasteiger partial charge in [0.25, 0.3) is 5.91 Å². The van der Waals surface area contributed by atoms with Crippen LogP contribution in [-0.2, 0) is 6.42 Å². The summed E-state index contributed by atoms with van der Waals surface area (Å²) in [5, 5.41) is 4.54. The Morgan fingerprint density at radius 3 is 2.83 bits per heavy atom. The molecular formula is C22H24BFN4O. The number of hydrogen-bond donors (Lipinski definition) is 0. The summed E-state index contributed by atoms with van der Waals surface area (Å²) in [6.07, 6.45) is 5.02. The Bertz CT molecular complexity index is 1060. The lowest BCUT2D eigenvalue weighted by molar-refractivity contribution is 0.0692. The molecule has 0 N–H and O–H groups in total. The quantitative estimate of drug-likeness (QED) is 0.645. The molecule has 1 amide bonds. The molecule has 0 spiro atoms. The molecule has 0 aliphatic carbocycles. The standard InChI is InChI=1S/C22H24BFN4O/c1-3-16-12-20(22(29)27-10-6-4-5-7-14(27)2)25-21-13-19(26-28(16)21)17-9-8-15(23)11-18(17)24/h8-9,11-14H,3-7,10H2,1-2H3. The highest BCUT2D eigenvalue weighted by Crippen LogP contribution is 2.24. The summed E-state index contributed by atoms with van der Waals surface area (Å²) in [5.41, 5.74) is 3.02. The fourth-order valence-electron chi connectivity index (χ4n) is 3.99. The molecule has 1 unspecified atom stereocenters. The Labute approximate surface area is 171 Å². The number of aromatic nitrogens is 3. The van der Waals surface area contributed by atoms with Gasteiger partial charge in [0.05, 0.1) is 5.69 Å². The lowest BCUT2D eigenvalue weighted by Gasteiger charge is -2.27. The van der Waals surface area contributed by atoms with E-state index in [0.29, 0.717) is 34.5 Å². The number of amides is 1. The van der Waals surface area contributed by atoms with Gasteiger partial charge in [0.1, 0.15) is 19.4 Å². The van der Waals surface area contributed by atoms with Crippen LogP contribution in [0.3, 0.4) is 0 Å². The number of hydrogen-bond acceptors (Lipinski definition) is 3. The van der Waals surface area contributed by atoms with E-state index in [1.807, 2.05) is 17.9 Å². The minimum Gasteiger partial charge on any atom is -0.335 e. The maximum Gasteiger partial charge on any atom is 0.272 e. The number of fused-ring (bicyclic) bond motifs is 1. The third kappa shape index (κ3) is 3.78. The first-order valence-electron chi connectivity index (χ1n) is 10.2. The van der Waals surface area contributed by atoms with Crippen molar-refractivity contribution < 1.29 is 9.18 Å². The zero-order valence-electron chi connectivity index (χ0n) is 16.9. The van der Waals surface area contributed by atoms with Crippen molar-refractivity contribution in [2.45, 2.75) is 52.0 Å². The minimum absolute atomic E-state index is 0.0435. The van der Waals surface area contributed by atoms with Crippen LogP contribution in [0.2, 0.25) is 0 Å². The van der Waals surface area contributed by atoms with Crippen molar-refractivity contribution in [1.82, 2.24) is 19.5 Å². The number of nitrogens with zero attached hydrogens (tertiary/aromatic N) is 4. The summed E-state index contributed by atoms with van der Waals surface area (Å²) in [4.78, 5) is 19.7. The highest BCUT2D eigenvalue weighted by molar-refractivity contribution is 6.32. The Hall–Kier alpha value is -2.70. The fraction of sp³-hybridized carbons (Fsp3) is 0.409. The molecule has 1 aromatic carbocycles. The Morgan fingerprint density at radius 2 is 2.07 bits per heavy atom. The van der Waals surface area contributed by atoms with Gasteiger partial charge in [-0.05, 0) is 38.3 Å². The van der Waals surface area contributed by atoms with E-state index >= 15 is 0 Å². The van der Waals surface area contributed by atoms with E-state index in [2.05, 4.69) is 17.0 Å². The molecule has 4 rings (SSSR count). The van der Waals surface area contributed by atoms with Gasteiger partial charge in [-0.3, -0.25) is 4.79 Å². The number of likely N-dealkylation sites (tertiary alicyclic amines) is 1. The van der Waals surface area contributed by atoms with E-state index in [9.17, 15) is 9.18 Å². The first-order chi connectivity index (χ1) is 14.0. The molecule has 7 heteroatoms. The number of halogens is 1. The Balaban J connectivity index is 1.76. The number of carbonyl (C=O) groups is 1. The molecule has 148 valence electrons. The first kappa shape index (κ1) is 19.6. The van der Waals surface area contributed by atoms with Crippen LogP contribution in [0.4, 0.5) is 4.39 Å². The highest BCUT2D eigenvalue weighted by atomic mass is 19.1. The van der Waals surface area contributed by atoms with Gasteiger partial charge in [-0.1, -0.05) is 37.4 Å². The van der Waals surface area contributed by atoms with Crippen LogP contribution in [0.1, 0.15) is 55.7 Å². The summed E-state index contributed by atoms with van der Waals surface area (Å²) >= 11 is 0. The van der Waals surface area contributed by atoms with E-state index in [1.54, 1.807) is 22.7 Å². The van der Waals surface area contributed by atoms with Gasteiger partial charge in [0, 0.05) is 29.9 Å². The number of carbonyl (C=O) groups excluding carboxylic acids is 1. The predicted octanol–water partition coefficient (Wildman–Crippen LogP) is 3.30.